The Labute approximate surface area is 171 Å². The predicted octanol–water partition coefficient (Wildman–Crippen LogP) is 5.41. The zero-order valence-corrected chi connectivity index (χ0v) is 17.5. The number of hydrogen-bond acceptors (Lipinski definition) is 3. The van der Waals surface area contributed by atoms with Gasteiger partial charge in [-0.3, -0.25) is 4.79 Å². The number of halogens is 1. The fourth-order valence-electron chi connectivity index (χ4n) is 3.06. The maximum absolute atomic E-state index is 12.5. The summed E-state index contributed by atoms with van der Waals surface area (Å²) in [6.07, 6.45) is 0. The molecule has 2 aromatic carbocycles. The van der Waals surface area contributed by atoms with E-state index < -0.39 is 5.97 Å². The molecule has 0 aromatic heterocycles. The van der Waals surface area contributed by atoms with E-state index in [1.807, 2.05) is 0 Å². The molecule has 0 unspecified atom stereocenters. The van der Waals surface area contributed by atoms with Gasteiger partial charge in [0.05, 0.1) is 21.8 Å². The summed E-state index contributed by atoms with van der Waals surface area (Å²) in [6, 6.07) is 11.7. The first kappa shape index (κ1) is 21.8. The van der Waals surface area contributed by atoms with Crippen LogP contribution >= 0.6 is 11.6 Å². The molecule has 1 amide bonds. The standard InChI is InChI=1S/C22H27ClN2O3/c1-14(2)12-25(13-15(3)4)20-10-9-16(11-18(20)22(27)28)24-21(26)17-7-5-6-8-19(17)23/h5-11,14-15H,12-13H2,1-4H3,(H,24,26)(H,27,28). The monoisotopic (exact) mass is 402 g/mol. The Balaban J connectivity index is 2.34. The van der Waals surface area contributed by atoms with E-state index in [1.165, 1.54) is 6.07 Å². The fourth-order valence-corrected chi connectivity index (χ4v) is 3.28. The molecule has 0 radical (unpaired) electrons. The topological polar surface area (TPSA) is 69.6 Å². The second kappa shape index (κ2) is 9.60. The molecule has 0 aliphatic heterocycles. The average Bonchev–Trinajstić information content (AvgIpc) is 2.60. The first-order chi connectivity index (χ1) is 13.2. The van der Waals surface area contributed by atoms with Crippen LogP contribution in [0.15, 0.2) is 42.5 Å². The van der Waals surface area contributed by atoms with Gasteiger partial charge in [-0.15, -0.1) is 0 Å². The lowest BCUT2D eigenvalue weighted by molar-refractivity contribution is 0.0697. The summed E-state index contributed by atoms with van der Waals surface area (Å²) in [5.41, 5.74) is 1.58. The molecular formula is C22H27ClN2O3. The van der Waals surface area contributed by atoms with Crippen molar-refractivity contribution in [2.45, 2.75) is 27.7 Å². The Morgan fingerprint density at radius 1 is 1.00 bits per heavy atom. The molecule has 150 valence electrons. The SMILES string of the molecule is CC(C)CN(CC(C)C)c1ccc(NC(=O)c2ccccc2Cl)cc1C(=O)O. The molecule has 0 bridgehead atoms. The summed E-state index contributed by atoms with van der Waals surface area (Å²) in [4.78, 5) is 26.5. The van der Waals surface area contributed by atoms with Crippen molar-refractivity contribution < 1.29 is 14.7 Å². The van der Waals surface area contributed by atoms with E-state index >= 15 is 0 Å². The van der Waals surface area contributed by atoms with E-state index in [0.717, 1.165) is 13.1 Å². The normalized spacial score (nSPS) is 11.0. The fraction of sp³-hybridized carbons (Fsp3) is 0.364. The number of anilines is 2. The van der Waals surface area contributed by atoms with Gasteiger partial charge in [-0.25, -0.2) is 4.79 Å². The summed E-state index contributed by atoms with van der Waals surface area (Å²) >= 11 is 6.07. The van der Waals surface area contributed by atoms with Crippen molar-refractivity contribution in [3.05, 3.63) is 58.6 Å². The molecule has 2 aromatic rings. The minimum absolute atomic E-state index is 0.165. The van der Waals surface area contributed by atoms with Crippen LogP contribution in [0.4, 0.5) is 11.4 Å². The predicted molar refractivity (Wildman–Crippen MR) is 115 cm³/mol. The molecule has 0 atom stereocenters. The highest BCUT2D eigenvalue weighted by molar-refractivity contribution is 6.34. The van der Waals surface area contributed by atoms with Gasteiger partial charge in [0.2, 0.25) is 0 Å². The number of carboxylic acids is 1. The molecule has 0 aliphatic rings. The zero-order valence-electron chi connectivity index (χ0n) is 16.7. The maximum Gasteiger partial charge on any atom is 0.337 e. The van der Waals surface area contributed by atoms with Crippen LogP contribution in [0.3, 0.4) is 0 Å². The van der Waals surface area contributed by atoms with Gasteiger partial charge in [-0.2, -0.15) is 0 Å². The van der Waals surface area contributed by atoms with E-state index in [0.29, 0.717) is 33.8 Å². The van der Waals surface area contributed by atoms with Gasteiger partial charge in [0, 0.05) is 18.8 Å². The third kappa shape index (κ3) is 5.73. The van der Waals surface area contributed by atoms with Gasteiger partial charge in [-0.1, -0.05) is 51.4 Å². The summed E-state index contributed by atoms with van der Waals surface area (Å²) in [5.74, 6) is -0.628. The van der Waals surface area contributed by atoms with Crippen LogP contribution in [-0.2, 0) is 0 Å². The average molecular weight is 403 g/mol. The molecule has 28 heavy (non-hydrogen) atoms. The van der Waals surface area contributed by atoms with E-state index in [9.17, 15) is 14.7 Å². The number of benzene rings is 2. The number of amides is 1. The molecule has 0 saturated heterocycles. The summed E-state index contributed by atoms with van der Waals surface area (Å²) < 4.78 is 0. The van der Waals surface area contributed by atoms with Gasteiger partial charge in [0.15, 0.2) is 0 Å². The van der Waals surface area contributed by atoms with Crippen molar-refractivity contribution >= 4 is 34.9 Å². The number of rotatable bonds is 8. The zero-order chi connectivity index (χ0) is 20.8. The van der Waals surface area contributed by atoms with Gasteiger partial charge in [0.1, 0.15) is 0 Å². The van der Waals surface area contributed by atoms with Gasteiger partial charge >= 0.3 is 5.97 Å². The van der Waals surface area contributed by atoms with Gasteiger partial charge in [-0.05, 0) is 42.2 Å². The number of carbonyl (C=O) groups excluding carboxylic acids is 1. The van der Waals surface area contributed by atoms with Crippen molar-refractivity contribution in [3.8, 4) is 0 Å². The quantitative estimate of drug-likeness (QED) is 0.619. The number of carboxylic acid groups (broad SMARTS) is 1. The Morgan fingerprint density at radius 2 is 1.61 bits per heavy atom. The lowest BCUT2D eigenvalue weighted by Gasteiger charge is -2.30. The van der Waals surface area contributed by atoms with Crippen molar-refractivity contribution in [2.24, 2.45) is 11.8 Å². The van der Waals surface area contributed by atoms with Crippen molar-refractivity contribution in [1.82, 2.24) is 0 Å². The molecule has 2 rings (SSSR count). The van der Waals surface area contributed by atoms with Crippen LogP contribution in [0.2, 0.25) is 5.02 Å². The molecule has 0 spiro atoms. The lowest BCUT2D eigenvalue weighted by atomic mass is 10.1. The lowest BCUT2D eigenvalue weighted by Crippen LogP contribution is -2.32. The third-order valence-corrected chi connectivity index (χ3v) is 4.44. The molecule has 6 heteroatoms. The van der Waals surface area contributed by atoms with Crippen LogP contribution in [0, 0.1) is 11.8 Å². The number of hydrogen-bond donors (Lipinski definition) is 2. The molecule has 0 aliphatic carbocycles. The number of nitrogens with one attached hydrogen (secondary N) is 1. The largest absolute Gasteiger partial charge is 0.478 e. The summed E-state index contributed by atoms with van der Waals surface area (Å²) in [7, 11) is 0. The molecule has 0 fully saturated rings. The number of carbonyl (C=O) groups is 2. The minimum atomic E-state index is -1.03. The van der Waals surface area contributed by atoms with Crippen molar-refractivity contribution in [1.29, 1.82) is 0 Å². The van der Waals surface area contributed by atoms with E-state index in [-0.39, 0.29) is 11.5 Å². The molecule has 0 saturated carbocycles. The van der Waals surface area contributed by atoms with E-state index in [4.69, 9.17) is 11.6 Å². The highest BCUT2D eigenvalue weighted by Gasteiger charge is 2.19. The second-order valence-corrected chi connectivity index (χ2v) is 8.07. The molecule has 2 N–H and O–H groups in total. The van der Waals surface area contributed by atoms with E-state index in [1.54, 1.807) is 36.4 Å². The summed E-state index contributed by atoms with van der Waals surface area (Å²) in [5, 5.41) is 12.8. The highest BCUT2D eigenvalue weighted by atomic mass is 35.5. The smallest absolute Gasteiger partial charge is 0.337 e. The first-order valence-corrected chi connectivity index (χ1v) is 9.75. The number of nitrogens with zero attached hydrogens (tertiary/aromatic N) is 1. The Bertz CT molecular complexity index is 839. The van der Waals surface area contributed by atoms with Crippen LogP contribution in [0.5, 0.6) is 0 Å². The Hall–Kier alpha value is -2.53. The van der Waals surface area contributed by atoms with Gasteiger partial charge < -0.3 is 15.3 Å². The maximum atomic E-state index is 12.5. The second-order valence-electron chi connectivity index (χ2n) is 7.66. The highest BCUT2D eigenvalue weighted by Crippen LogP contribution is 2.27. The number of aromatic carboxylic acids is 1. The Morgan fingerprint density at radius 3 is 2.14 bits per heavy atom. The van der Waals surface area contributed by atoms with E-state index in [2.05, 4.69) is 37.9 Å². The van der Waals surface area contributed by atoms with Crippen LogP contribution in [0.25, 0.3) is 0 Å². The molecular weight excluding hydrogens is 376 g/mol. The van der Waals surface area contributed by atoms with Crippen molar-refractivity contribution in [3.63, 3.8) is 0 Å². The Kier molecular flexibility index (Phi) is 7.46. The van der Waals surface area contributed by atoms with Gasteiger partial charge in [0.25, 0.3) is 5.91 Å². The third-order valence-electron chi connectivity index (χ3n) is 4.12. The summed E-state index contributed by atoms with van der Waals surface area (Å²) in [6.45, 7) is 9.92. The minimum Gasteiger partial charge on any atom is -0.478 e. The van der Waals surface area contributed by atoms with Crippen molar-refractivity contribution in [2.75, 3.05) is 23.3 Å². The molecule has 5 nitrogen and oxygen atoms in total. The van der Waals surface area contributed by atoms with Crippen LogP contribution in [0.1, 0.15) is 48.4 Å². The first-order valence-electron chi connectivity index (χ1n) is 9.37. The van der Waals surface area contributed by atoms with Crippen LogP contribution < -0.4 is 10.2 Å². The van der Waals surface area contributed by atoms with Crippen LogP contribution in [-0.4, -0.2) is 30.1 Å². The molecule has 0 heterocycles.